The number of fused-ring (bicyclic) bond motifs is 4. The Morgan fingerprint density at radius 1 is 0.567 bits per heavy atom. The molecule has 0 radical (unpaired) electrons. The average Bonchev–Trinajstić information content (AvgIpc) is 3.12. The fourth-order valence-corrected chi connectivity index (χ4v) is 4.09. The van der Waals surface area contributed by atoms with Crippen molar-refractivity contribution in [2.45, 2.75) is 0 Å². The lowest BCUT2D eigenvalue weighted by Gasteiger charge is -2.09. The van der Waals surface area contributed by atoms with Gasteiger partial charge in [-0.1, -0.05) is 60.7 Å². The summed E-state index contributed by atoms with van der Waals surface area (Å²) in [6, 6.07) is 24.4. The summed E-state index contributed by atoms with van der Waals surface area (Å²) in [5.41, 5.74) is 6.12. The quantitative estimate of drug-likeness (QED) is 0.411. The van der Waals surface area contributed by atoms with Gasteiger partial charge in [0.1, 0.15) is 12.1 Å². The van der Waals surface area contributed by atoms with Crippen LogP contribution < -0.4 is 0 Å². The van der Waals surface area contributed by atoms with E-state index in [-0.39, 0.29) is 22.7 Å². The number of nitrogens with zero attached hydrogens (tertiary/aromatic N) is 6. The van der Waals surface area contributed by atoms with Crippen LogP contribution in [0, 0.1) is 22.7 Å². The molecule has 1 aliphatic carbocycles. The molecule has 0 N–H and O–H groups in total. The summed E-state index contributed by atoms with van der Waals surface area (Å²) in [6.45, 7) is 0. The molecule has 0 fully saturated rings. The van der Waals surface area contributed by atoms with Crippen molar-refractivity contribution in [3.63, 3.8) is 0 Å². The van der Waals surface area contributed by atoms with Crippen LogP contribution in [0.25, 0.3) is 55.7 Å². The van der Waals surface area contributed by atoms with Gasteiger partial charge in [0.2, 0.25) is 0 Å². The maximum Gasteiger partial charge on any atom is 0.199 e. The lowest BCUT2D eigenvalue weighted by Crippen LogP contribution is -2.01. The summed E-state index contributed by atoms with van der Waals surface area (Å²) >= 11 is 0. The highest BCUT2D eigenvalue weighted by Crippen LogP contribution is 2.47. The van der Waals surface area contributed by atoms with Gasteiger partial charge in [-0.3, -0.25) is 0 Å². The van der Waals surface area contributed by atoms with Gasteiger partial charge in [0.15, 0.2) is 22.7 Å². The predicted octanol–water partition coefficient (Wildman–Crippen LogP) is 4.63. The Morgan fingerprint density at radius 2 is 1.17 bits per heavy atom. The van der Waals surface area contributed by atoms with Gasteiger partial charge in [0, 0.05) is 16.5 Å². The number of benzene rings is 3. The number of aromatic nitrogens is 4. The molecule has 0 spiro atoms. The highest BCUT2D eigenvalue weighted by molar-refractivity contribution is 6.17. The Bertz CT molecular complexity index is 1540. The topological polar surface area (TPSA) is 99.1 Å². The number of hydrogen-bond acceptors (Lipinski definition) is 6. The van der Waals surface area contributed by atoms with Crippen molar-refractivity contribution in [1.29, 1.82) is 10.5 Å². The van der Waals surface area contributed by atoms with Crippen LogP contribution in [-0.2, 0) is 0 Å². The molecule has 6 heteroatoms. The van der Waals surface area contributed by atoms with E-state index in [1.807, 2.05) is 42.5 Å². The first-order valence-corrected chi connectivity index (χ1v) is 9.30. The van der Waals surface area contributed by atoms with Gasteiger partial charge in [-0.15, -0.1) is 0 Å². The lowest BCUT2D eigenvalue weighted by atomic mass is 9.95. The Hall–Kier alpha value is -4.68. The van der Waals surface area contributed by atoms with E-state index >= 15 is 0 Å². The zero-order valence-corrected chi connectivity index (χ0v) is 15.5. The second kappa shape index (κ2) is 5.91. The minimum absolute atomic E-state index is 0.0423. The highest BCUT2D eigenvalue weighted by Gasteiger charge is 2.27. The number of rotatable bonds is 1. The zero-order chi connectivity index (χ0) is 20.2. The molecule has 2 aromatic heterocycles. The first-order chi connectivity index (χ1) is 14.8. The SMILES string of the molecule is N#Cc1nc2nc3c(nc2nc1C#N)-c1ccc(-c2ccccc2)c2cccc-3c12. The lowest BCUT2D eigenvalue weighted by molar-refractivity contribution is 1.12. The van der Waals surface area contributed by atoms with E-state index in [9.17, 15) is 10.5 Å². The largest absolute Gasteiger partial charge is 0.223 e. The molecule has 0 saturated heterocycles. The zero-order valence-electron chi connectivity index (χ0n) is 15.5. The van der Waals surface area contributed by atoms with E-state index in [1.54, 1.807) is 0 Å². The molecule has 30 heavy (non-hydrogen) atoms. The monoisotopic (exact) mass is 382 g/mol. The summed E-state index contributed by atoms with van der Waals surface area (Å²) in [5.74, 6) is 0. The molecule has 0 amide bonds. The van der Waals surface area contributed by atoms with Crippen molar-refractivity contribution >= 4 is 22.1 Å². The van der Waals surface area contributed by atoms with Gasteiger partial charge >= 0.3 is 0 Å². The molecule has 6 rings (SSSR count). The molecular weight excluding hydrogens is 372 g/mol. The Balaban J connectivity index is 1.68. The van der Waals surface area contributed by atoms with Crippen LogP contribution in [0.5, 0.6) is 0 Å². The normalized spacial score (nSPS) is 11.3. The van der Waals surface area contributed by atoms with Crippen LogP contribution in [0.4, 0.5) is 0 Å². The number of nitriles is 2. The number of hydrogen-bond donors (Lipinski definition) is 0. The van der Waals surface area contributed by atoms with Crippen LogP contribution in [0.15, 0.2) is 60.7 Å². The molecule has 1 aliphatic rings. The molecule has 0 aliphatic heterocycles. The van der Waals surface area contributed by atoms with Gasteiger partial charge in [-0.25, -0.2) is 19.9 Å². The van der Waals surface area contributed by atoms with E-state index in [1.165, 1.54) is 0 Å². The second-order valence-electron chi connectivity index (χ2n) is 6.97. The van der Waals surface area contributed by atoms with Gasteiger partial charge in [0.25, 0.3) is 0 Å². The summed E-state index contributed by atoms with van der Waals surface area (Å²) in [5, 5.41) is 20.7. The first kappa shape index (κ1) is 16.3. The maximum atomic E-state index is 9.25. The van der Waals surface area contributed by atoms with Crippen LogP contribution in [0.3, 0.4) is 0 Å². The highest BCUT2D eigenvalue weighted by atomic mass is 15.0. The summed E-state index contributed by atoms with van der Waals surface area (Å²) < 4.78 is 0. The third-order valence-corrected chi connectivity index (χ3v) is 5.37. The third kappa shape index (κ3) is 2.10. The minimum Gasteiger partial charge on any atom is -0.223 e. The molecule has 3 aromatic carbocycles. The van der Waals surface area contributed by atoms with E-state index < -0.39 is 0 Å². The average molecular weight is 382 g/mol. The molecule has 5 aromatic rings. The summed E-state index contributed by atoms with van der Waals surface area (Å²) in [6.07, 6.45) is 0. The third-order valence-electron chi connectivity index (χ3n) is 5.37. The summed E-state index contributed by atoms with van der Waals surface area (Å²) in [7, 11) is 0. The second-order valence-corrected chi connectivity index (χ2v) is 6.97. The van der Waals surface area contributed by atoms with Crippen molar-refractivity contribution in [2.24, 2.45) is 0 Å². The van der Waals surface area contributed by atoms with Crippen molar-refractivity contribution in [3.05, 3.63) is 72.1 Å². The standard InChI is InChI=1S/C24H10N6/c25-11-18-19(12-26)28-24-23(27-18)29-21-16-8-4-7-15-14(13-5-2-1-3-6-13)9-10-17(20(15)16)22(21)30-24/h1-10H. The molecule has 136 valence electrons. The Labute approximate surface area is 170 Å². The van der Waals surface area contributed by atoms with Gasteiger partial charge in [0.05, 0.1) is 11.4 Å². The fraction of sp³-hybridized carbons (Fsp3) is 0. The van der Waals surface area contributed by atoms with E-state index in [0.29, 0.717) is 0 Å². The molecule has 0 bridgehead atoms. The van der Waals surface area contributed by atoms with Crippen molar-refractivity contribution < 1.29 is 0 Å². The molecule has 0 atom stereocenters. The minimum atomic E-state index is -0.0423. The van der Waals surface area contributed by atoms with Crippen molar-refractivity contribution in [3.8, 4) is 45.8 Å². The molecule has 0 unspecified atom stereocenters. The molecule has 6 nitrogen and oxygen atoms in total. The Kier molecular flexibility index (Phi) is 3.21. The van der Waals surface area contributed by atoms with Crippen molar-refractivity contribution in [1.82, 2.24) is 19.9 Å². The maximum absolute atomic E-state index is 9.25. The smallest absolute Gasteiger partial charge is 0.199 e. The van der Waals surface area contributed by atoms with Crippen molar-refractivity contribution in [2.75, 3.05) is 0 Å². The van der Waals surface area contributed by atoms with E-state index in [0.717, 1.165) is 44.4 Å². The molecule has 2 heterocycles. The van der Waals surface area contributed by atoms with Gasteiger partial charge in [-0.05, 0) is 16.5 Å². The van der Waals surface area contributed by atoms with E-state index in [2.05, 4.69) is 50.3 Å². The molecule has 0 saturated carbocycles. The van der Waals surface area contributed by atoms with Crippen LogP contribution in [-0.4, -0.2) is 19.9 Å². The van der Waals surface area contributed by atoms with Crippen LogP contribution in [0.1, 0.15) is 11.4 Å². The van der Waals surface area contributed by atoms with Gasteiger partial charge in [-0.2, -0.15) is 10.5 Å². The fourth-order valence-electron chi connectivity index (χ4n) is 4.09. The Morgan fingerprint density at radius 3 is 1.80 bits per heavy atom. The summed E-state index contributed by atoms with van der Waals surface area (Å²) in [4.78, 5) is 17.8. The van der Waals surface area contributed by atoms with E-state index in [4.69, 9.17) is 0 Å². The first-order valence-electron chi connectivity index (χ1n) is 9.30. The predicted molar refractivity (Wildman–Crippen MR) is 112 cm³/mol. The van der Waals surface area contributed by atoms with Crippen LogP contribution >= 0.6 is 0 Å². The van der Waals surface area contributed by atoms with Crippen LogP contribution in [0.2, 0.25) is 0 Å². The molecular formula is C24H10N6. The van der Waals surface area contributed by atoms with Gasteiger partial charge < -0.3 is 0 Å².